The molecule has 0 saturated carbocycles. The molecule has 1 aromatic carbocycles. The van der Waals surface area contributed by atoms with Gasteiger partial charge in [0.05, 0.1) is 12.1 Å². The Morgan fingerprint density at radius 1 is 1.43 bits per heavy atom. The van der Waals surface area contributed by atoms with Gasteiger partial charge in [0, 0.05) is 31.7 Å². The highest BCUT2D eigenvalue weighted by atomic mass is 127. The Bertz CT molecular complexity index is 474. The molecular formula is C15H24IN3O2. The van der Waals surface area contributed by atoms with Crippen LogP contribution in [0.5, 0.6) is 0 Å². The molecule has 1 saturated heterocycles. The van der Waals surface area contributed by atoms with E-state index < -0.39 is 5.60 Å². The quantitative estimate of drug-likeness (QED) is 0.408. The zero-order chi connectivity index (χ0) is 14.4. The molecule has 0 unspecified atom stereocenters. The number of nitrogens with two attached hydrogens (primary N) is 1. The summed E-state index contributed by atoms with van der Waals surface area (Å²) >= 11 is 0. The van der Waals surface area contributed by atoms with Crippen molar-refractivity contribution in [3.63, 3.8) is 0 Å². The molecule has 1 fully saturated rings. The second-order valence-corrected chi connectivity index (χ2v) is 5.22. The van der Waals surface area contributed by atoms with Crippen LogP contribution in [0.4, 0.5) is 5.69 Å². The molecular weight excluding hydrogens is 381 g/mol. The van der Waals surface area contributed by atoms with Crippen LogP contribution in [0, 0.1) is 0 Å². The number of hydrogen-bond acceptors (Lipinski definition) is 3. The maximum Gasteiger partial charge on any atom is 0.193 e. The summed E-state index contributed by atoms with van der Waals surface area (Å²) in [6.07, 6.45) is 2.19. The van der Waals surface area contributed by atoms with Crippen molar-refractivity contribution in [3.05, 3.63) is 29.8 Å². The van der Waals surface area contributed by atoms with E-state index in [2.05, 4.69) is 23.3 Å². The zero-order valence-corrected chi connectivity index (χ0v) is 14.7. The maximum atomic E-state index is 10.3. The second kappa shape index (κ2) is 8.55. The van der Waals surface area contributed by atoms with Crippen LogP contribution in [0.3, 0.4) is 0 Å². The Kier molecular flexibility index (Phi) is 7.41. The van der Waals surface area contributed by atoms with Gasteiger partial charge in [-0.3, -0.25) is 4.99 Å². The van der Waals surface area contributed by atoms with Gasteiger partial charge in [0.2, 0.25) is 0 Å². The van der Waals surface area contributed by atoms with E-state index in [1.54, 1.807) is 0 Å². The molecule has 0 amide bonds. The molecule has 6 heteroatoms. The molecule has 1 aliphatic rings. The summed E-state index contributed by atoms with van der Waals surface area (Å²) in [5.41, 5.74) is 7.25. The first-order valence-corrected chi connectivity index (χ1v) is 7.07. The van der Waals surface area contributed by atoms with Crippen LogP contribution < -0.4 is 11.1 Å². The van der Waals surface area contributed by atoms with Crippen molar-refractivity contribution in [2.45, 2.75) is 31.8 Å². The number of benzene rings is 1. The normalized spacial score (nSPS) is 17.9. The molecule has 0 aromatic heterocycles. The van der Waals surface area contributed by atoms with E-state index in [0.717, 1.165) is 12.1 Å². The lowest BCUT2D eigenvalue weighted by molar-refractivity contribution is -0.0565. The number of aliphatic hydroxyl groups is 1. The van der Waals surface area contributed by atoms with Crippen molar-refractivity contribution >= 4 is 35.6 Å². The smallest absolute Gasteiger partial charge is 0.193 e. The Morgan fingerprint density at radius 3 is 2.81 bits per heavy atom. The van der Waals surface area contributed by atoms with E-state index in [1.807, 2.05) is 18.2 Å². The van der Waals surface area contributed by atoms with Crippen molar-refractivity contribution in [1.29, 1.82) is 0 Å². The number of hydrogen-bond donors (Lipinski definition) is 3. The first-order chi connectivity index (χ1) is 9.61. The fourth-order valence-corrected chi connectivity index (χ4v) is 2.20. The first-order valence-electron chi connectivity index (χ1n) is 7.07. The molecule has 0 radical (unpaired) electrons. The van der Waals surface area contributed by atoms with Crippen LogP contribution in [-0.2, 0) is 11.2 Å². The molecule has 5 nitrogen and oxygen atoms in total. The summed E-state index contributed by atoms with van der Waals surface area (Å²) < 4.78 is 5.24. The molecule has 0 bridgehead atoms. The minimum atomic E-state index is -0.782. The summed E-state index contributed by atoms with van der Waals surface area (Å²) in [4.78, 5) is 4.25. The van der Waals surface area contributed by atoms with E-state index in [-0.39, 0.29) is 24.0 Å². The van der Waals surface area contributed by atoms with E-state index in [0.29, 0.717) is 38.6 Å². The number of ether oxygens (including phenoxy) is 1. The molecule has 1 aromatic rings. The van der Waals surface area contributed by atoms with Crippen LogP contribution in [0.25, 0.3) is 0 Å². The first kappa shape index (κ1) is 18.2. The van der Waals surface area contributed by atoms with E-state index in [9.17, 15) is 5.11 Å². The number of nitrogens with one attached hydrogen (secondary N) is 1. The number of anilines is 1. The minimum Gasteiger partial charge on any atom is -0.388 e. The molecule has 4 N–H and O–H groups in total. The van der Waals surface area contributed by atoms with Gasteiger partial charge in [-0.2, -0.15) is 0 Å². The van der Waals surface area contributed by atoms with Crippen molar-refractivity contribution < 1.29 is 9.84 Å². The molecule has 0 atom stereocenters. The number of rotatable bonds is 4. The standard InChI is InChI=1S/C15H23N3O2.HI/c1-2-12-4-3-5-13(10-12)18-14(16)17-11-15(19)6-8-20-9-7-15;/h3-5,10,19H,2,6-9,11H2,1H3,(H3,16,17,18);1H. The maximum absolute atomic E-state index is 10.3. The van der Waals surface area contributed by atoms with Crippen molar-refractivity contribution in [1.82, 2.24) is 0 Å². The lowest BCUT2D eigenvalue weighted by Crippen LogP contribution is -2.40. The lowest BCUT2D eigenvalue weighted by Gasteiger charge is -2.30. The number of guanidine groups is 1. The van der Waals surface area contributed by atoms with Gasteiger partial charge in [0.1, 0.15) is 0 Å². The van der Waals surface area contributed by atoms with Crippen LogP contribution >= 0.6 is 24.0 Å². The number of nitrogens with zero attached hydrogens (tertiary/aromatic N) is 1. The molecule has 0 aliphatic carbocycles. The van der Waals surface area contributed by atoms with Gasteiger partial charge in [0.15, 0.2) is 5.96 Å². The van der Waals surface area contributed by atoms with Gasteiger partial charge < -0.3 is 20.9 Å². The molecule has 1 aliphatic heterocycles. The Hall–Kier alpha value is -0.860. The summed E-state index contributed by atoms with van der Waals surface area (Å²) in [7, 11) is 0. The molecule has 1 heterocycles. The average molecular weight is 405 g/mol. The topological polar surface area (TPSA) is 79.9 Å². The van der Waals surface area contributed by atoms with E-state index in [1.165, 1.54) is 5.56 Å². The van der Waals surface area contributed by atoms with Gasteiger partial charge in [0.25, 0.3) is 0 Å². The summed E-state index contributed by atoms with van der Waals surface area (Å²) in [6.45, 7) is 3.58. The van der Waals surface area contributed by atoms with Crippen LogP contribution in [-0.4, -0.2) is 36.4 Å². The van der Waals surface area contributed by atoms with Gasteiger partial charge in [-0.1, -0.05) is 19.1 Å². The minimum absolute atomic E-state index is 0. The third kappa shape index (κ3) is 5.80. The predicted molar refractivity (Wildman–Crippen MR) is 96.3 cm³/mol. The third-order valence-electron chi connectivity index (χ3n) is 3.57. The molecule has 118 valence electrons. The Morgan fingerprint density at radius 2 is 2.14 bits per heavy atom. The van der Waals surface area contributed by atoms with Gasteiger partial charge >= 0.3 is 0 Å². The second-order valence-electron chi connectivity index (χ2n) is 5.22. The van der Waals surface area contributed by atoms with Crippen LogP contribution in [0.1, 0.15) is 25.3 Å². The van der Waals surface area contributed by atoms with E-state index in [4.69, 9.17) is 10.5 Å². The zero-order valence-electron chi connectivity index (χ0n) is 12.3. The van der Waals surface area contributed by atoms with E-state index >= 15 is 0 Å². The van der Waals surface area contributed by atoms with Crippen molar-refractivity contribution in [2.75, 3.05) is 25.1 Å². The summed E-state index contributed by atoms with van der Waals surface area (Å²) in [5.74, 6) is 0.332. The summed E-state index contributed by atoms with van der Waals surface area (Å²) in [5, 5.41) is 13.4. The molecule has 21 heavy (non-hydrogen) atoms. The average Bonchev–Trinajstić information content (AvgIpc) is 2.46. The van der Waals surface area contributed by atoms with Crippen LogP contribution in [0.2, 0.25) is 0 Å². The number of aliphatic imine (C=N–C) groups is 1. The van der Waals surface area contributed by atoms with Gasteiger partial charge in [-0.05, 0) is 24.1 Å². The summed E-state index contributed by atoms with van der Waals surface area (Å²) in [6, 6.07) is 8.06. The van der Waals surface area contributed by atoms with Crippen molar-refractivity contribution in [3.8, 4) is 0 Å². The Balaban J connectivity index is 0.00000220. The van der Waals surface area contributed by atoms with Gasteiger partial charge in [-0.15, -0.1) is 24.0 Å². The highest BCUT2D eigenvalue weighted by Crippen LogP contribution is 2.20. The molecule has 2 rings (SSSR count). The SMILES string of the molecule is CCc1cccc(NC(N)=NCC2(O)CCOCC2)c1.I. The fourth-order valence-electron chi connectivity index (χ4n) is 2.20. The number of aryl methyl sites for hydroxylation is 1. The monoisotopic (exact) mass is 405 g/mol. The largest absolute Gasteiger partial charge is 0.388 e. The highest BCUT2D eigenvalue weighted by Gasteiger charge is 2.29. The number of halogens is 1. The van der Waals surface area contributed by atoms with Crippen molar-refractivity contribution in [2.24, 2.45) is 10.7 Å². The fraction of sp³-hybridized carbons (Fsp3) is 0.533. The van der Waals surface area contributed by atoms with Gasteiger partial charge in [-0.25, -0.2) is 0 Å². The lowest BCUT2D eigenvalue weighted by atomic mass is 9.95. The molecule has 0 spiro atoms. The Labute approximate surface area is 143 Å². The highest BCUT2D eigenvalue weighted by molar-refractivity contribution is 14.0. The van der Waals surface area contributed by atoms with Crippen LogP contribution in [0.15, 0.2) is 29.3 Å². The predicted octanol–water partition coefficient (Wildman–Crippen LogP) is 2.14. The third-order valence-corrected chi connectivity index (χ3v) is 3.57.